The Morgan fingerprint density at radius 1 is 1.59 bits per heavy atom. The van der Waals surface area contributed by atoms with Crippen molar-refractivity contribution in [1.29, 1.82) is 0 Å². The lowest BCUT2D eigenvalue weighted by Crippen LogP contribution is -2.30. The van der Waals surface area contributed by atoms with E-state index in [1.807, 2.05) is 11.8 Å². The van der Waals surface area contributed by atoms with E-state index < -0.39 is 20.9 Å². The third-order valence-electron chi connectivity index (χ3n) is 2.57. The van der Waals surface area contributed by atoms with Crippen LogP contribution in [0.4, 0.5) is 4.39 Å². The Hall–Kier alpha value is -0.660. The van der Waals surface area contributed by atoms with Crippen LogP contribution in [-0.4, -0.2) is 31.5 Å². The van der Waals surface area contributed by atoms with Crippen molar-refractivity contribution in [3.8, 4) is 0 Å². The summed E-state index contributed by atoms with van der Waals surface area (Å²) in [5.74, 6) is 1.53. The topological polar surface area (TPSA) is 59.1 Å². The maximum atomic E-state index is 13.3. The van der Waals surface area contributed by atoms with Crippen LogP contribution in [0.3, 0.4) is 0 Å². The molecular formula is C10H13FN2O2S2. The summed E-state index contributed by atoms with van der Waals surface area (Å²) < 4.78 is 39.3. The molecule has 7 heteroatoms. The number of rotatable bonds is 4. The minimum atomic E-state index is -3.82. The standard InChI is InChI=1S/C10H13FN2O2S2/c11-9-2-1-4-12-10(9)17(14,15)13-6-8-3-5-16-7-8/h1-2,4,8,13H,3,5-7H2. The molecule has 1 N–H and O–H groups in total. The second-order valence-corrected chi connectivity index (χ2v) is 6.70. The predicted octanol–water partition coefficient (Wildman–Crippen LogP) is 1.25. The van der Waals surface area contributed by atoms with Crippen molar-refractivity contribution >= 4 is 21.8 Å². The molecule has 0 aliphatic carbocycles. The average molecular weight is 276 g/mol. The largest absolute Gasteiger partial charge is 0.261 e. The highest BCUT2D eigenvalue weighted by atomic mass is 32.2. The Balaban J connectivity index is 2.06. The summed E-state index contributed by atoms with van der Waals surface area (Å²) in [6, 6.07) is 2.45. The molecule has 0 radical (unpaired) electrons. The molecule has 2 heterocycles. The van der Waals surface area contributed by atoms with Gasteiger partial charge in [-0.2, -0.15) is 11.8 Å². The molecule has 94 valence electrons. The Morgan fingerprint density at radius 3 is 3.06 bits per heavy atom. The van der Waals surface area contributed by atoms with Gasteiger partial charge in [0.1, 0.15) is 0 Å². The van der Waals surface area contributed by atoms with Crippen LogP contribution in [-0.2, 0) is 10.0 Å². The van der Waals surface area contributed by atoms with Crippen LogP contribution in [0.1, 0.15) is 6.42 Å². The minimum absolute atomic E-state index is 0.335. The molecule has 1 aliphatic rings. The maximum Gasteiger partial charge on any atom is 0.261 e. The van der Waals surface area contributed by atoms with E-state index in [1.165, 1.54) is 12.3 Å². The second kappa shape index (κ2) is 5.32. The number of sulfonamides is 1. The van der Waals surface area contributed by atoms with E-state index in [0.29, 0.717) is 12.5 Å². The first kappa shape index (κ1) is 12.8. The highest BCUT2D eigenvalue weighted by molar-refractivity contribution is 7.99. The smallest absolute Gasteiger partial charge is 0.241 e. The molecule has 0 spiro atoms. The Labute approximate surface area is 104 Å². The van der Waals surface area contributed by atoms with Crippen LogP contribution < -0.4 is 4.72 Å². The van der Waals surface area contributed by atoms with Gasteiger partial charge in [0, 0.05) is 12.7 Å². The van der Waals surface area contributed by atoms with Gasteiger partial charge in [0.25, 0.3) is 10.0 Å². The molecule has 0 aromatic carbocycles. The number of nitrogens with one attached hydrogen (secondary N) is 1. The lowest BCUT2D eigenvalue weighted by molar-refractivity contribution is 0.526. The van der Waals surface area contributed by atoms with Gasteiger partial charge in [-0.15, -0.1) is 0 Å². The van der Waals surface area contributed by atoms with Gasteiger partial charge < -0.3 is 0 Å². The van der Waals surface area contributed by atoms with E-state index in [0.717, 1.165) is 24.0 Å². The normalized spacial score (nSPS) is 20.6. The zero-order valence-corrected chi connectivity index (χ0v) is 10.7. The van der Waals surface area contributed by atoms with Crippen LogP contribution in [0.25, 0.3) is 0 Å². The molecule has 1 aliphatic heterocycles. The molecule has 1 saturated heterocycles. The summed E-state index contributed by atoms with van der Waals surface area (Å²) in [6.45, 7) is 0.353. The van der Waals surface area contributed by atoms with Crippen LogP contribution in [0.2, 0.25) is 0 Å². The van der Waals surface area contributed by atoms with E-state index in [9.17, 15) is 12.8 Å². The Bertz CT molecular complexity index is 487. The molecule has 1 fully saturated rings. The molecule has 0 amide bonds. The van der Waals surface area contributed by atoms with Crippen LogP contribution >= 0.6 is 11.8 Å². The molecular weight excluding hydrogens is 263 g/mol. The van der Waals surface area contributed by atoms with Crippen LogP contribution in [0, 0.1) is 11.7 Å². The first-order valence-corrected chi connectivity index (χ1v) is 7.91. The summed E-state index contributed by atoms with van der Waals surface area (Å²) in [7, 11) is -3.82. The number of nitrogens with zero attached hydrogens (tertiary/aromatic N) is 1. The molecule has 0 bridgehead atoms. The second-order valence-electron chi connectivity index (χ2n) is 3.87. The maximum absolute atomic E-state index is 13.3. The monoisotopic (exact) mass is 276 g/mol. The summed E-state index contributed by atoms with van der Waals surface area (Å²) in [5, 5.41) is -0.523. The summed E-state index contributed by atoms with van der Waals surface area (Å²) in [5.41, 5.74) is 0. The van der Waals surface area contributed by atoms with Gasteiger partial charge in [0.05, 0.1) is 0 Å². The highest BCUT2D eigenvalue weighted by Crippen LogP contribution is 2.23. The van der Waals surface area contributed by atoms with Gasteiger partial charge in [-0.1, -0.05) is 0 Å². The number of thioether (sulfide) groups is 1. The van der Waals surface area contributed by atoms with Crippen molar-refractivity contribution in [3.63, 3.8) is 0 Å². The summed E-state index contributed by atoms with van der Waals surface area (Å²) in [4.78, 5) is 3.56. The fraction of sp³-hybridized carbons (Fsp3) is 0.500. The van der Waals surface area contributed by atoms with E-state index in [1.54, 1.807) is 0 Å². The van der Waals surface area contributed by atoms with Crippen LogP contribution in [0.5, 0.6) is 0 Å². The fourth-order valence-corrected chi connectivity index (χ4v) is 4.01. The van der Waals surface area contributed by atoms with Crippen molar-refractivity contribution in [2.45, 2.75) is 11.4 Å². The van der Waals surface area contributed by atoms with Crippen molar-refractivity contribution in [2.75, 3.05) is 18.1 Å². The van der Waals surface area contributed by atoms with Gasteiger partial charge >= 0.3 is 0 Å². The van der Waals surface area contributed by atoms with Gasteiger partial charge in [0.15, 0.2) is 5.82 Å². The number of pyridine rings is 1. The molecule has 2 rings (SSSR count). The average Bonchev–Trinajstić information content (AvgIpc) is 2.80. The zero-order valence-electron chi connectivity index (χ0n) is 9.10. The predicted molar refractivity (Wildman–Crippen MR) is 64.8 cm³/mol. The molecule has 1 aromatic rings. The lowest BCUT2D eigenvalue weighted by atomic mass is 10.1. The number of hydrogen-bond donors (Lipinski definition) is 1. The Kier molecular flexibility index (Phi) is 4.01. The first-order chi connectivity index (χ1) is 8.09. The SMILES string of the molecule is O=S(=O)(NCC1CCSC1)c1ncccc1F. The van der Waals surface area contributed by atoms with Crippen molar-refractivity contribution < 1.29 is 12.8 Å². The number of aromatic nitrogens is 1. The molecule has 0 saturated carbocycles. The van der Waals surface area contributed by atoms with E-state index in [4.69, 9.17) is 0 Å². The minimum Gasteiger partial charge on any atom is -0.241 e. The van der Waals surface area contributed by atoms with Gasteiger partial charge in [-0.05, 0) is 36.0 Å². The molecule has 1 aromatic heterocycles. The first-order valence-electron chi connectivity index (χ1n) is 5.27. The third-order valence-corrected chi connectivity index (χ3v) is 5.15. The van der Waals surface area contributed by atoms with E-state index >= 15 is 0 Å². The van der Waals surface area contributed by atoms with E-state index in [-0.39, 0.29) is 0 Å². The molecule has 17 heavy (non-hydrogen) atoms. The summed E-state index contributed by atoms with van der Waals surface area (Å²) in [6.07, 6.45) is 2.26. The molecule has 1 atom stereocenters. The van der Waals surface area contributed by atoms with Gasteiger partial charge in [-0.25, -0.2) is 22.5 Å². The highest BCUT2D eigenvalue weighted by Gasteiger charge is 2.23. The summed E-state index contributed by atoms with van der Waals surface area (Å²) >= 11 is 1.81. The molecule has 4 nitrogen and oxygen atoms in total. The zero-order chi connectivity index (χ0) is 12.3. The quantitative estimate of drug-likeness (QED) is 0.899. The number of hydrogen-bond acceptors (Lipinski definition) is 4. The lowest BCUT2D eigenvalue weighted by Gasteiger charge is -2.10. The number of halogens is 1. The molecule has 1 unspecified atom stereocenters. The van der Waals surface area contributed by atoms with Crippen molar-refractivity contribution in [3.05, 3.63) is 24.1 Å². The Morgan fingerprint density at radius 2 is 2.41 bits per heavy atom. The van der Waals surface area contributed by atoms with Gasteiger partial charge in [-0.3, -0.25) is 0 Å². The van der Waals surface area contributed by atoms with Crippen LogP contribution in [0.15, 0.2) is 23.4 Å². The fourth-order valence-electron chi connectivity index (χ4n) is 1.61. The van der Waals surface area contributed by atoms with Crippen molar-refractivity contribution in [2.24, 2.45) is 5.92 Å². The van der Waals surface area contributed by atoms with Crippen molar-refractivity contribution in [1.82, 2.24) is 9.71 Å². The third kappa shape index (κ3) is 3.17. The van der Waals surface area contributed by atoms with Gasteiger partial charge in [0.2, 0.25) is 5.03 Å². The van der Waals surface area contributed by atoms with E-state index in [2.05, 4.69) is 9.71 Å².